The number of hydrogen-bond donors (Lipinski definition) is 2. The first kappa shape index (κ1) is 16.5. The van der Waals surface area contributed by atoms with Crippen molar-refractivity contribution in [3.05, 3.63) is 29.8 Å². The van der Waals surface area contributed by atoms with Gasteiger partial charge in [0.05, 0.1) is 5.56 Å². The molecule has 0 bridgehead atoms. The number of carboxylic acids is 1. The number of ether oxygens (including phenoxy) is 1. The molecule has 1 atom stereocenters. The van der Waals surface area contributed by atoms with Gasteiger partial charge in [-0.2, -0.15) is 0 Å². The van der Waals surface area contributed by atoms with Gasteiger partial charge in [-0.15, -0.1) is 11.8 Å². The maximum absolute atomic E-state index is 12.1. The number of nitrogens with one attached hydrogen (secondary N) is 1. The highest BCUT2D eigenvalue weighted by Crippen LogP contribution is 2.26. The summed E-state index contributed by atoms with van der Waals surface area (Å²) in [6.45, 7) is 2.72. The minimum absolute atomic E-state index is 0.193. The Hall–Kier alpha value is -1.53. The molecule has 0 saturated carbocycles. The van der Waals surface area contributed by atoms with Gasteiger partial charge in [-0.25, -0.2) is 0 Å². The fourth-order valence-electron chi connectivity index (χ4n) is 1.51. The van der Waals surface area contributed by atoms with Crippen LogP contribution in [0.2, 0.25) is 0 Å². The predicted molar refractivity (Wildman–Crippen MR) is 78.2 cm³/mol. The number of methoxy groups -OCH3 is 1. The molecule has 2 N–H and O–H groups in total. The number of thioether (sulfide) groups is 1. The van der Waals surface area contributed by atoms with Crippen molar-refractivity contribution >= 4 is 23.6 Å². The van der Waals surface area contributed by atoms with Gasteiger partial charge in [0, 0.05) is 25.2 Å². The third kappa shape index (κ3) is 5.22. The standard InChI is InChI=1S/C14H19NO4S/c1-10(14(17)18)20-12-7-4-3-6-11(12)13(16)15-8-5-9-19-2/h3-4,6-7,10H,5,8-9H2,1-2H3,(H,15,16)(H,17,18). The first-order chi connectivity index (χ1) is 9.56. The highest BCUT2D eigenvalue weighted by molar-refractivity contribution is 8.00. The zero-order valence-electron chi connectivity index (χ0n) is 11.6. The summed E-state index contributed by atoms with van der Waals surface area (Å²) in [6, 6.07) is 7.01. The van der Waals surface area contributed by atoms with Crippen LogP contribution in [0.5, 0.6) is 0 Å². The molecular formula is C14H19NO4S. The van der Waals surface area contributed by atoms with Crippen molar-refractivity contribution in [2.24, 2.45) is 0 Å². The maximum atomic E-state index is 12.1. The highest BCUT2D eigenvalue weighted by atomic mass is 32.2. The number of carboxylic acid groups (broad SMARTS) is 1. The highest BCUT2D eigenvalue weighted by Gasteiger charge is 2.17. The first-order valence-corrected chi connectivity index (χ1v) is 7.20. The third-order valence-electron chi connectivity index (χ3n) is 2.59. The molecule has 1 aromatic carbocycles. The summed E-state index contributed by atoms with van der Waals surface area (Å²) in [7, 11) is 1.61. The molecule has 0 aliphatic rings. The second-order valence-electron chi connectivity index (χ2n) is 4.20. The Morgan fingerprint density at radius 1 is 1.40 bits per heavy atom. The molecule has 5 nitrogen and oxygen atoms in total. The lowest BCUT2D eigenvalue weighted by Gasteiger charge is -2.11. The van der Waals surface area contributed by atoms with Crippen molar-refractivity contribution in [1.29, 1.82) is 0 Å². The second-order valence-corrected chi connectivity index (χ2v) is 5.58. The molecule has 0 heterocycles. The van der Waals surface area contributed by atoms with Gasteiger partial charge in [0.15, 0.2) is 0 Å². The van der Waals surface area contributed by atoms with E-state index in [1.807, 2.05) is 0 Å². The monoisotopic (exact) mass is 297 g/mol. The van der Waals surface area contributed by atoms with Gasteiger partial charge in [-0.1, -0.05) is 12.1 Å². The lowest BCUT2D eigenvalue weighted by molar-refractivity contribution is -0.136. The summed E-state index contributed by atoms with van der Waals surface area (Å²) in [6.07, 6.45) is 0.739. The van der Waals surface area contributed by atoms with Crippen LogP contribution < -0.4 is 5.32 Å². The number of benzene rings is 1. The van der Waals surface area contributed by atoms with E-state index in [0.29, 0.717) is 23.6 Å². The van der Waals surface area contributed by atoms with Gasteiger partial charge in [-0.05, 0) is 25.5 Å². The van der Waals surface area contributed by atoms with E-state index in [1.165, 1.54) is 11.8 Å². The average Bonchev–Trinajstić information content (AvgIpc) is 2.43. The summed E-state index contributed by atoms with van der Waals surface area (Å²) in [4.78, 5) is 23.6. The van der Waals surface area contributed by atoms with E-state index in [0.717, 1.165) is 6.42 Å². The SMILES string of the molecule is COCCCNC(=O)c1ccccc1SC(C)C(=O)O. The van der Waals surface area contributed by atoms with Crippen molar-refractivity contribution in [2.75, 3.05) is 20.3 Å². The average molecular weight is 297 g/mol. The lowest BCUT2D eigenvalue weighted by Crippen LogP contribution is -2.26. The van der Waals surface area contributed by atoms with E-state index in [1.54, 1.807) is 38.3 Å². The van der Waals surface area contributed by atoms with Crippen LogP contribution in [0.3, 0.4) is 0 Å². The minimum atomic E-state index is -0.898. The molecule has 6 heteroatoms. The van der Waals surface area contributed by atoms with Crippen LogP contribution in [-0.2, 0) is 9.53 Å². The van der Waals surface area contributed by atoms with E-state index < -0.39 is 11.2 Å². The molecule has 0 spiro atoms. The minimum Gasteiger partial charge on any atom is -0.480 e. The van der Waals surface area contributed by atoms with Crippen LogP contribution in [-0.4, -0.2) is 42.5 Å². The largest absolute Gasteiger partial charge is 0.480 e. The van der Waals surface area contributed by atoms with E-state index in [4.69, 9.17) is 9.84 Å². The van der Waals surface area contributed by atoms with Crippen LogP contribution in [0.25, 0.3) is 0 Å². The van der Waals surface area contributed by atoms with Gasteiger partial charge in [0.25, 0.3) is 5.91 Å². The van der Waals surface area contributed by atoms with Crippen molar-refractivity contribution < 1.29 is 19.4 Å². The molecular weight excluding hydrogens is 278 g/mol. The fraction of sp³-hybridized carbons (Fsp3) is 0.429. The second kappa shape index (κ2) is 8.60. The summed E-state index contributed by atoms with van der Waals surface area (Å²) < 4.78 is 4.91. The Kier molecular flexibility index (Phi) is 7.11. The number of carbonyl (C=O) groups is 2. The maximum Gasteiger partial charge on any atom is 0.316 e. The van der Waals surface area contributed by atoms with Crippen molar-refractivity contribution in [1.82, 2.24) is 5.32 Å². The summed E-state index contributed by atoms with van der Waals surface area (Å²) >= 11 is 1.17. The molecule has 110 valence electrons. The number of amides is 1. The normalized spacial score (nSPS) is 11.9. The van der Waals surface area contributed by atoms with Crippen LogP contribution in [0, 0.1) is 0 Å². The van der Waals surface area contributed by atoms with Gasteiger partial charge >= 0.3 is 5.97 Å². The molecule has 0 aromatic heterocycles. The lowest BCUT2D eigenvalue weighted by atomic mass is 10.2. The topological polar surface area (TPSA) is 75.6 Å². The number of aliphatic carboxylic acids is 1. The quantitative estimate of drug-likeness (QED) is 0.567. The van der Waals surface area contributed by atoms with Gasteiger partial charge in [0.2, 0.25) is 0 Å². The molecule has 1 amide bonds. The summed E-state index contributed by atoms with van der Waals surface area (Å²) in [5.74, 6) is -1.09. The zero-order valence-corrected chi connectivity index (χ0v) is 12.4. The molecule has 1 aromatic rings. The van der Waals surface area contributed by atoms with Gasteiger partial charge in [-0.3, -0.25) is 9.59 Å². The van der Waals surface area contributed by atoms with Crippen molar-refractivity contribution in [2.45, 2.75) is 23.5 Å². The van der Waals surface area contributed by atoms with Crippen LogP contribution in [0.1, 0.15) is 23.7 Å². The molecule has 0 fully saturated rings. The van der Waals surface area contributed by atoms with Crippen molar-refractivity contribution in [3.63, 3.8) is 0 Å². The number of hydrogen-bond acceptors (Lipinski definition) is 4. The third-order valence-corrected chi connectivity index (χ3v) is 3.76. The Morgan fingerprint density at radius 3 is 2.75 bits per heavy atom. The summed E-state index contributed by atoms with van der Waals surface area (Å²) in [5.41, 5.74) is 0.503. The smallest absolute Gasteiger partial charge is 0.316 e. The molecule has 1 rings (SSSR count). The number of rotatable bonds is 8. The predicted octanol–water partition coefficient (Wildman–Crippen LogP) is 2.02. The molecule has 0 saturated heterocycles. The van der Waals surface area contributed by atoms with Gasteiger partial charge < -0.3 is 15.2 Å². The zero-order chi connectivity index (χ0) is 15.0. The molecule has 0 aliphatic carbocycles. The number of carbonyl (C=O) groups excluding carboxylic acids is 1. The molecule has 1 unspecified atom stereocenters. The molecule has 0 radical (unpaired) electrons. The van der Waals surface area contributed by atoms with Crippen LogP contribution in [0.4, 0.5) is 0 Å². The molecule has 20 heavy (non-hydrogen) atoms. The Labute approximate surface area is 122 Å². The van der Waals surface area contributed by atoms with E-state index in [2.05, 4.69) is 5.32 Å². The van der Waals surface area contributed by atoms with Crippen molar-refractivity contribution in [3.8, 4) is 0 Å². The van der Waals surface area contributed by atoms with Crippen LogP contribution in [0.15, 0.2) is 29.2 Å². The van der Waals surface area contributed by atoms with E-state index in [9.17, 15) is 9.59 Å². The first-order valence-electron chi connectivity index (χ1n) is 6.32. The fourth-order valence-corrected chi connectivity index (χ4v) is 2.44. The Balaban J connectivity index is 2.69. The Bertz CT molecular complexity index is 464. The molecule has 0 aliphatic heterocycles. The Morgan fingerprint density at radius 2 is 2.10 bits per heavy atom. The summed E-state index contributed by atoms with van der Waals surface area (Å²) in [5, 5.41) is 11.1. The van der Waals surface area contributed by atoms with Gasteiger partial charge in [0.1, 0.15) is 5.25 Å². The van der Waals surface area contributed by atoms with E-state index in [-0.39, 0.29) is 5.91 Å². The van der Waals surface area contributed by atoms with E-state index >= 15 is 0 Å². The van der Waals surface area contributed by atoms with Crippen LogP contribution >= 0.6 is 11.8 Å².